The van der Waals surface area contributed by atoms with Crippen molar-refractivity contribution in [3.8, 4) is 11.3 Å². The van der Waals surface area contributed by atoms with Crippen LogP contribution in [0.5, 0.6) is 0 Å². The van der Waals surface area contributed by atoms with E-state index >= 15 is 0 Å². The van der Waals surface area contributed by atoms with Crippen molar-refractivity contribution in [1.82, 2.24) is 15.5 Å². The van der Waals surface area contributed by atoms with Gasteiger partial charge in [0.1, 0.15) is 6.04 Å². The van der Waals surface area contributed by atoms with Crippen LogP contribution in [0, 0.1) is 0 Å². The number of hydrogen-bond acceptors (Lipinski definition) is 5. The number of hydrogen-bond donors (Lipinski definition) is 1. The zero-order chi connectivity index (χ0) is 21.4. The standard InChI is InChI=1S/C21H18Cl2N4O3/c1-12-19(21(29)27(26(12)2)14-6-4-3-5-7-14)24-20(28)17-11-18(30-25-17)13-8-9-15(22)16(23)10-13/h3-12,19H,1-2H3,(H,24,28). The summed E-state index contributed by atoms with van der Waals surface area (Å²) in [6.45, 7) is 1.87. The fourth-order valence-electron chi connectivity index (χ4n) is 3.34. The summed E-state index contributed by atoms with van der Waals surface area (Å²) in [7, 11) is 1.81. The molecular formula is C21H18Cl2N4O3. The number of rotatable bonds is 4. The minimum Gasteiger partial charge on any atom is -0.355 e. The van der Waals surface area contributed by atoms with Crippen LogP contribution in [0.3, 0.4) is 0 Å². The van der Waals surface area contributed by atoms with Crippen LogP contribution in [0.1, 0.15) is 17.4 Å². The van der Waals surface area contributed by atoms with E-state index in [0.717, 1.165) is 5.69 Å². The number of carbonyl (C=O) groups is 2. The zero-order valence-electron chi connectivity index (χ0n) is 16.2. The minimum atomic E-state index is -0.729. The maximum absolute atomic E-state index is 13.0. The van der Waals surface area contributed by atoms with Gasteiger partial charge >= 0.3 is 0 Å². The van der Waals surface area contributed by atoms with Gasteiger partial charge in [-0.05, 0) is 37.3 Å². The fraction of sp³-hybridized carbons (Fsp3) is 0.190. The Labute approximate surface area is 183 Å². The summed E-state index contributed by atoms with van der Waals surface area (Å²) in [5, 5.41) is 10.7. The smallest absolute Gasteiger partial charge is 0.274 e. The van der Waals surface area contributed by atoms with Crippen LogP contribution in [0.4, 0.5) is 5.69 Å². The first kappa shape index (κ1) is 20.4. The second-order valence-electron chi connectivity index (χ2n) is 6.96. The van der Waals surface area contributed by atoms with E-state index in [1.807, 2.05) is 37.3 Å². The molecule has 4 rings (SSSR count). The minimum absolute atomic E-state index is 0.0666. The first-order chi connectivity index (χ1) is 14.4. The lowest BCUT2D eigenvalue weighted by Crippen LogP contribution is -2.45. The molecule has 1 aromatic heterocycles. The monoisotopic (exact) mass is 444 g/mol. The van der Waals surface area contributed by atoms with Gasteiger partial charge in [0.15, 0.2) is 11.5 Å². The number of aromatic nitrogens is 1. The third-order valence-electron chi connectivity index (χ3n) is 5.10. The molecule has 1 fully saturated rings. The Kier molecular flexibility index (Phi) is 5.51. The first-order valence-corrected chi connectivity index (χ1v) is 9.97. The Morgan fingerprint density at radius 3 is 2.53 bits per heavy atom. The molecule has 9 heteroatoms. The van der Waals surface area contributed by atoms with E-state index in [1.54, 1.807) is 35.3 Å². The lowest BCUT2D eigenvalue weighted by molar-refractivity contribution is -0.119. The summed E-state index contributed by atoms with van der Waals surface area (Å²) in [5.74, 6) is -0.358. The highest BCUT2D eigenvalue weighted by molar-refractivity contribution is 6.42. The van der Waals surface area contributed by atoms with E-state index in [0.29, 0.717) is 21.4 Å². The number of likely N-dealkylation sites (N-methyl/N-ethyl adjacent to an activating group) is 1. The Hall–Kier alpha value is -2.87. The molecule has 1 saturated heterocycles. The van der Waals surface area contributed by atoms with Crippen LogP contribution in [0.15, 0.2) is 59.1 Å². The topological polar surface area (TPSA) is 78.7 Å². The molecule has 0 aliphatic carbocycles. The van der Waals surface area contributed by atoms with Crippen LogP contribution in [-0.4, -0.2) is 41.1 Å². The highest BCUT2D eigenvalue weighted by atomic mass is 35.5. The van der Waals surface area contributed by atoms with E-state index in [2.05, 4.69) is 10.5 Å². The number of nitrogens with one attached hydrogen (secondary N) is 1. The lowest BCUT2D eigenvalue weighted by atomic mass is 10.1. The molecule has 7 nitrogen and oxygen atoms in total. The predicted octanol–water partition coefficient (Wildman–Crippen LogP) is 4.03. The normalized spacial score (nSPS) is 19.3. The molecule has 154 valence electrons. The second kappa shape index (κ2) is 8.10. The summed E-state index contributed by atoms with van der Waals surface area (Å²) in [5.41, 5.74) is 1.44. The summed E-state index contributed by atoms with van der Waals surface area (Å²) in [6, 6.07) is 14.8. The van der Waals surface area contributed by atoms with E-state index in [9.17, 15) is 9.59 Å². The molecule has 0 spiro atoms. The van der Waals surface area contributed by atoms with Gasteiger partial charge in [0, 0.05) is 18.7 Å². The third kappa shape index (κ3) is 3.67. The molecule has 2 aromatic carbocycles. The van der Waals surface area contributed by atoms with Gasteiger partial charge < -0.3 is 9.84 Å². The lowest BCUT2D eigenvalue weighted by Gasteiger charge is -2.26. The van der Waals surface area contributed by atoms with Crippen molar-refractivity contribution in [1.29, 1.82) is 0 Å². The van der Waals surface area contributed by atoms with Gasteiger partial charge in [-0.2, -0.15) is 0 Å². The van der Waals surface area contributed by atoms with Crippen molar-refractivity contribution in [2.24, 2.45) is 0 Å². The van der Waals surface area contributed by atoms with Gasteiger partial charge in [0.2, 0.25) is 0 Å². The third-order valence-corrected chi connectivity index (χ3v) is 5.84. The van der Waals surface area contributed by atoms with E-state index in [1.165, 1.54) is 6.07 Å². The number of hydrazine groups is 1. The van der Waals surface area contributed by atoms with E-state index in [4.69, 9.17) is 27.7 Å². The molecular weight excluding hydrogens is 427 g/mol. The summed E-state index contributed by atoms with van der Waals surface area (Å²) in [6.07, 6.45) is 0. The van der Waals surface area contributed by atoms with E-state index < -0.39 is 11.9 Å². The van der Waals surface area contributed by atoms with Crippen molar-refractivity contribution >= 4 is 40.7 Å². The average molecular weight is 445 g/mol. The highest BCUT2D eigenvalue weighted by Gasteiger charge is 2.44. The van der Waals surface area contributed by atoms with Gasteiger partial charge in [-0.3, -0.25) is 9.59 Å². The predicted molar refractivity (Wildman–Crippen MR) is 114 cm³/mol. The number of amides is 2. The molecule has 1 aliphatic heterocycles. The number of para-hydroxylation sites is 1. The molecule has 1 aliphatic rings. The molecule has 1 N–H and O–H groups in total. The summed E-state index contributed by atoms with van der Waals surface area (Å²) in [4.78, 5) is 25.7. The SMILES string of the molecule is CC1C(NC(=O)c2cc(-c3ccc(Cl)c(Cl)c3)on2)C(=O)N(c2ccccc2)N1C. The molecule has 3 aromatic rings. The molecule has 0 radical (unpaired) electrons. The fourth-order valence-corrected chi connectivity index (χ4v) is 3.63. The van der Waals surface area contributed by atoms with Crippen molar-refractivity contribution in [2.75, 3.05) is 12.1 Å². The number of benzene rings is 2. The molecule has 30 heavy (non-hydrogen) atoms. The molecule has 0 saturated carbocycles. The largest absolute Gasteiger partial charge is 0.355 e. The maximum atomic E-state index is 13.0. The summed E-state index contributed by atoms with van der Waals surface area (Å²) >= 11 is 12.0. The number of halogens is 2. The highest BCUT2D eigenvalue weighted by Crippen LogP contribution is 2.29. The Morgan fingerprint density at radius 1 is 1.10 bits per heavy atom. The van der Waals surface area contributed by atoms with Crippen molar-refractivity contribution in [2.45, 2.75) is 19.0 Å². The van der Waals surface area contributed by atoms with Crippen LogP contribution in [-0.2, 0) is 4.79 Å². The van der Waals surface area contributed by atoms with Crippen LogP contribution in [0.2, 0.25) is 10.0 Å². The molecule has 2 atom stereocenters. The molecule has 2 heterocycles. The van der Waals surface area contributed by atoms with Gasteiger partial charge in [-0.15, -0.1) is 0 Å². The number of anilines is 1. The Bertz CT molecular complexity index is 1100. The van der Waals surface area contributed by atoms with Gasteiger partial charge in [0.05, 0.1) is 21.8 Å². The van der Waals surface area contributed by atoms with Crippen LogP contribution in [0.25, 0.3) is 11.3 Å². The maximum Gasteiger partial charge on any atom is 0.274 e. The molecule has 2 amide bonds. The first-order valence-electron chi connectivity index (χ1n) is 9.21. The molecule has 0 bridgehead atoms. The van der Waals surface area contributed by atoms with Crippen molar-refractivity contribution in [3.63, 3.8) is 0 Å². The quantitative estimate of drug-likeness (QED) is 0.656. The number of nitrogens with zero attached hydrogens (tertiary/aromatic N) is 3. The zero-order valence-corrected chi connectivity index (χ0v) is 17.7. The Balaban J connectivity index is 1.52. The second-order valence-corrected chi connectivity index (χ2v) is 7.77. The van der Waals surface area contributed by atoms with Crippen molar-refractivity contribution in [3.05, 3.63) is 70.3 Å². The van der Waals surface area contributed by atoms with Crippen molar-refractivity contribution < 1.29 is 14.1 Å². The van der Waals surface area contributed by atoms with Gasteiger partial charge in [0.25, 0.3) is 11.8 Å². The van der Waals surface area contributed by atoms with Gasteiger partial charge in [-0.25, -0.2) is 10.0 Å². The molecule has 2 unspecified atom stereocenters. The van der Waals surface area contributed by atoms with E-state index in [-0.39, 0.29) is 17.6 Å². The number of carbonyl (C=O) groups excluding carboxylic acids is 2. The van der Waals surface area contributed by atoms with Crippen LogP contribution < -0.4 is 10.3 Å². The average Bonchev–Trinajstić information content (AvgIpc) is 3.31. The van der Waals surface area contributed by atoms with Crippen LogP contribution >= 0.6 is 23.2 Å². The van der Waals surface area contributed by atoms with Gasteiger partial charge in [-0.1, -0.05) is 46.6 Å². The summed E-state index contributed by atoms with van der Waals surface area (Å²) < 4.78 is 5.28. The Morgan fingerprint density at radius 2 is 1.83 bits per heavy atom.